The van der Waals surface area contributed by atoms with Crippen molar-refractivity contribution >= 4 is 35.1 Å². The van der Waals surface area contributed by atoms with Crippen molar-refractivity contribution in [2.24, 2.45) is 0 Å². The number of aromatic nitrogens is 2. The third kappa shape index (κ3) is 6.84. The van der Waals surface area contributed by atoms with Crippen molar-refractivity contribution in [2.75, 3.05) is 46.6 Å². The molecular weight excluding hydrogens is 594 g/mol. The van der Waals surface area contributed by atoms with Gasteiger partial charge in [0.1, 0.15) is 11.6 Å². The highest BCUT2D eigenvalue weighted by atomic mass is 19.4. The Kier molecular flexibility index (Phi) is 8.28. The van der Waals surface area contributed by atoms with E-state index in [1.165, 1.54) is 36.0 Å². The lowest BCUT2D eigenvalue weighted by molar-refractivity contribution is -0.141. The Morgan fingerprint density at radius 2 is 1.60 bits per heavy atom. The summed E-state index contributed by atoms with van der Waals surface area (Å²) in [6.45, 7) is 1.74. The van der Waals surface area contributed by atoms with E-state index in [-0.39, 0.29) is 29.3 Å². The first-order chi connectivity index (χ1) is 21.6. The number of halogens is 4. The second-order valence-electron chi connectivity index (χ2n) is 10.9. The van der Waals surface area contributed by atoms with Crippen LogP contribution in [0.4, 0.5) is 45.6 Å². The number of urea groups is 1. The molecule has 2 aromatic carbocycles. The normalized spacial score (nSPS) is 15.8. The van der Waals surface area contributed by atoms with Gasteiger partial charge in [0.15, 0.2) is 5.69 Å². The van der Waals surface area contributed by atoms with Gasteiger partial charge in [-0.15, -0.1) is 0 Å². The zero-order valence-corrected chi connectivity index (χ0v) is 23.9. The number of rotatable bonds is 7. The topological polar surface area (TPSA) is 116 Å². The van der Waals surface area contributed by atoms with E-state index in [1.54, 1.807) is 17.0 Å². The number of alkyl halides is 3. The lowest BCUT2D eigenvalue weighted by Gasteiger charge is -2.40. The van der Waals surface area contributed by atoms with Gasteiger partial charge in [0.25, 0.3) is 11.9 Å². The summed E-state index contributed by atoms with van der Waals surface area (Å²) in [7, 11) is 0. The molecule has 45 heavy (non-hydrogen) atoms. The molecule has 10 nitrogen and oxygen atoms in total. The molecule has 6 rings (SSSR count). The van der Waals surface area contributed by atoms with Crippen molar-refractivity contribution in [3.8, 4) is 0 Å². The van der Waals surface area contributed by atoms with Crippen LogP contribution in [0.2, 0.25) is 0 Å². The summed E-state index contributed by atoms with van der Waals surface area (Å²) in [4.78, 5) is 36.5. The maximum Gasteiger partial charge on any atom is 0.437 e. The number of benzene rings is 2. The van der Waals surface area contributed by atoms with E-state index in [0.29, 0.717) is 44.8 Å². The molecule has 14 heteroatoms. The van der Waals surface area contributed by atoms with Crippen molar-refractivity contribution in [1.29, 1.82) is 0 Å². The Hall–Kier alpha value is -5.14. The van der Waals surface area contributed by atoms with Gasteiger partial charge in [-0.1, -0.05) is 42.5 Å². The summed E-state index contributed by atoms with van der Waals surface area (Å²) >= 11 is 0. The monoisotopic (exact) mass is 623 g/mol. The van der Waals surface area contributed by atoms with Crippen LogP contribution in [0.1, 0.15) is 40.6 Å². The lowest BCUT2D eigenvalue weighted by Crippen LogP contribution is -2.60. The predicted molar refractivity (Wildman–Crippen MR) is 159 cm³/mol. The van der Waals surface area contributed by atoms with Crippen LogP contribution in [0.25, 0.3) is 0 Å². The zero-order chi connectivity index (χ0) is 31.6. The van der Waals surface area contributed by atoms with Crippen LogP contribution in [0, 0.1) is 5.82 Å². The summed E-state index contributed by atoms with van der Waals surface area (Å²) in [6, 6.07) is 17.9. The number of pyridine rings is 1. The number of anilines is 4. The fraction of sp³-hybridized carbons (Fsp3) is 0.290. The molecule has 2 aliphatic heterocycles. The summed E-state index contributed by atoms with van der Waals surface area (Å²) < 4.78 is 60.7. The highest BCUT2D eigenvalue weighted by Gasteiger charge is 2.42. The zero-order valence-electron chi connectivity index (χ0n) is 23.9. The van der Waals surface area contributed by atoms with Crippen LogP contribution in [-0.2, 0) is 6.18 Å². The predicted octanol–water partition coefficient (Wildman–Crippen LogP) is 5.87. The third-order valence-electron chi connectivity index (χ3n) is 7.80. The Balaban J connectivity index is 1.04. The van der Waals surface area contributed by atoms with Gasteiger partial charge in [-0.2, -0.15) is 18.2 Å². The van der Waals surface area contributed by atoms with Gasteiger partial charge >= 0.3 is 12.2 Å². The third-order valence-corrected chi connectivity index (χ3v) is 7.80. The second kappa shape index (κ2) is 12.5. The Labute approximate surface area is 255 Å². The molecular formula is C31H29F4N7O3. The van der Waals surface area contributed by atoms with Crippen molar-refractivity contribution in [2.45, 2.75) is 31.0 Å². The van der Waals surface area contributed by atoms with Crippen LogP contribution in [0.3, 0.4) is 0 Å². The van der Waals surface area contributed by atoms with E-state index in [2.05, 4.69) is 25.9 Å². The maximum atomic E-state index is 13.9. The van der Waals surface area contributed by atoms with Gasteiger partial charge in [0, 0.05) is 26.2 Å². The van der Waals surface area contributed by atoms with E-state index < -0.39 is 35.4 Å². The van der Waals surface area contributed by atoms with E-state index in [4.69, 9.17) is 4.42 Å². The molecule has 4 heterocycles. The number of nitrogens with one attached hydrogen (secondary N) is 3. The van der Waals surface area contributed by atoms with Crippen LogP contribution < -0.4 is 25.8 Å². The van der Waals surface area contributed by atoms with Crippen LogP contribution in [0.5, 0.6) is 0 Å². The molecule has 0 atom stereocenters. The molecule has 0 aliphatic carbocycles. The minimum Gasteiger partial charge on any atom is -0.417 e. The second-order valence-corrected chi connectivity index (χ2v) is 10.9. The Bertz CT molecular complexity index is 1650. The number of carbonyl (C=O) groups excluding carboxylic acids is 2. The first kappa shape index (κ1) is 29.9. The van der Waals surface area contributed by atoms with Gasteiger partial charge in [-0.05, 0) is 48.6 Å². The van der Waals surface area contributed by atoms with E-state index in [1.807, 2.05) is 35.2 Å². The number of hydrogen-bond donors (Lipinski definition) is 3. The molecule has 0 unspecified atom stereocenters. The largest absolute Gasteiger partial charge is 0.437 e. The molecule has 2 aliphatic rings. The van der Waals surface area contributed by atoms with Gasteiger partial charge in [0.2, 0.25) is 5.76 Å². The van der Waals surface area contributed by atoms with Gasteiger partial charge < -0.3 is 30.2 Å². The molecule has 234 valence electrons. The Morgan fingerprint density at radius 3 is 2.27 bits per heavy atom. The standard InChI is InChI=1S/C31H29F4N7O3/c32-23-8-4-5-9-24(23)39-29(44)38-22-17-42(18-22)25-11-10-21(16-36-25)37-28(43)26-27(31(33,34)35)40-30(45-26)41-14-12-20(13-15-41)19-6-2-1-3-7-19/h1-11,16,20,22H,12-15,17-18H2,(H,37,43)(H2,38,39,44). The van der Waals surface area contributed by atoms with Gasteiger partial charge in [-0.25, -0.2) is 14.2 Å². The summed E-state index contributed by atoms with van der Waals surface area (Å²) in [5, 5.41) is 7.62. The number of hydrogen-bond acceptors (Lipinski definition) is 7. The number of amides is 3. The van der Waals surface area contributed by atoms with E-state index >= 15 is 0 Å². The molecule has 0 radical (unpaired) electrons. The lowest BCUT2D eigenvalue weighted by atomic mass is 9.90. The van der Waals surface area contributed by atoms with E-state index in [0.717, 1.165) is 0 Å². The number of para-hydroxylation sites is 1. The number of piperidine rings is 1. The van der Waals surface area contributed by atoms with E-state index in [9.17, 15) is 27.2 Å². The molecule has 2 aromatic heterocycles. The molecule has 3 amide bonds. The maximum absolute atomic E-state index is 13.9. The number of carbonyl (C=O) groups is 2. The van der Waals surface area contributed by atoms with Crippen molar-refractivity contribution in [3.63, 3.8) is 0 Å². The van der Waals surface area contributed by atoms with Gasteiger partial charge in [0.05, 0.1) is 23.6 Å². The SMILES string of the molecule is O=C(Nc1ccccc1F)NC1CN(c2ccc(NC(=O)c3oc(N4CCC(c5ccccc5)CC4)nc3C(F)(F)F)cn2)C1. The quantitative estimate of drug-likeness (QED) is 0.221. The van der Waals surface area contributed by atoms with Crippen molar-refractivity contribution in [1.82, 2.24) is 15.3 Å². The number of nitrogens with zero attached hydrogens (tertiary/aromatic N) is 4. The minimum atomic E-state index is -4.90. The molecule has 2 saturated heterocycles. The first-order valence-corrected chi connectivity index (χ1v) is 14.4. The fourth-order valence-corrected chi connectivity index (χ4v) is 5.42. The summed E-state index contributed by atoms with van der Waals surface area (Å²) in [5.74, 6) is -1.74. The highest BCUT2D eigenvalue weighted by molar-refractivity contribution is 6.03. The van der Waals surface area contributed by atoms with Crippen molar-refractivity contribution < 1.29 is 31.6 Å². The highest BCUT2D eigenvalue weighted by Crippen LogP contribution is 2.36. The minimum absolute atomic E-state index is 0.0675. The molecule has 0 saturated carbocycles. The van der Waals surface area contributed by atoms with Crippen LogP contribution in [0.15, 0.2) is 77.3 Å². The van der Waals surface area contributed by atoms with Crippen LogP contribution in [-0.4, -0.2) is 54.1 Å². The average molecular weight is 624 g/mol. The number of oxazole rings is 1. The summed E-state index contributed by atoms with van der Waals surface area (Å²) in [6.07, 6.45) is -2.16. The van der Waals surface area contributed by atoms with Crippen molar-refractivity contribution in [3.05, 3.63) is 95.8 Å². The Morgan fingerprint density at radius 1 is 0.889 bits per heavy atom. The summed E-state index contributed by atoms with van der Waals surface area (Å²) in [5.41, 5.74) is 0.0219. The molecule has 0 bridgehead atoms. The smallest absolute Gasteiger partial charge is 0.417 e. The molecule has 4 aromatic rings. The fourth-order valence-electron chi connectivity index (χ4n) is 5.42. The average Bonchev–Trinajstić information content (AvgIpc) is 3.48. The first-order valence-electron chi connectivity index (χ1n) is 14.4. The van der Waals surface area contributed by atoms with Crippen LogP contribution >= 0.6 is 0 Å². The molecule has 3 N–H and O–H groups in total. The molecule has 2 fully saturated rings. The van der Waals surface area contributed by atoms with Gasteiger partial charge in [-0.3, -0.25) is 4.79 Å². The molecule has 0 spiro atoms.